The zero-order valence-electron chi connectivity index (χ0n) is 19.8. The zero-order chi connectivity index (χ0) is 22.9. The molecule has 6 heteroatoms. The number of carbonyl (C=O) groups is 2. The van der Waals surface area contributed by atoms with Crippen LogP contribution in [0.15, 0.2) is 42.6 Å². The number of benzene rings is 1. The Kier molecular flexibility index (Phi) is 6.40. The number of likely N-dealkylation sites (tertiary alicyclic amines) is 2. The lowest BCUT2D eigenvalue weighted by Crippen LogP contribution is -2.52. The van der Waals surface area contributed by atoms with Crippen LogP contribution < -0.4 is 0 Å². The van der Waals surface area contributed by atoms with Crippen LogP contribution in [-0.2, 0) is 16.1 Å². The maximum absolute atomic E-state index is 14.1. The smallest absolute Gasteiger partial charge is 0.231 e. The van der Waals surface area contributed by atoms with Crippen molar-refractivity contribution >= 4 is 11.8 Å². The molecule has 0 bridgehead atoms. The van der Waals surface area contributed by atoms with E-state index in [2.05, 4.69) is 44.9 Å². The van der Waals surface area contributed by atoms with E-state index in [4.69, 9.17) is 0 Å². The summed E-state index contributed by atoms with van der Waals surface area (Å²) < 4.78 is 2.03. The summed E-state index contributed by atoms with van der Waals surface area (Å²) >= 11 is 0. The fourth-order valence-corrected chi connectivity index (χ4v) is 5.52. The second-order valence-electron chi connectivity index (χ2n) is 10.2. The van der Waals surface area contributed by atoms with Crippen molar-refractivity contribution in [2.75, 3.05) is 19.6 Å². The van der Waals surface area contributed by atoms with Crippen molar-refractivity contribution in [1.82, 2.24) is 19.6 Å². The summed E-state index contributed by atoms with van der Waals surface area (Å²) in [5.41, 5.74) is 1.65. The van der Waals surface area contributed by atoms with E-state index in [0.717, 1.165) is 30.6 Å². The van der Waals surface area contributed by atoms with Gasteiger partial charge in [0.2, 0.25) is 11.8 Å². The summed E-state index contributed by atoms with van der Waals surface area (Å²) in [7, 11) is 0. The Hall–Kier alpha value is -2.63. The molecule has 0 aliphatic carbocycles. The van der Waals surface area contributed by atoms with E-state index in [-0.39, 0.29) is 23.8 Å². The molecule has 1 aromatic carbocycles. The predicted molar refractivity (Wildman–Crippen MR) is 125 cm³/mol. The molecule has 1 spiro atoms. The topological polar surface area (TPSA) is 58.4 Å². The summed E-state index contributed by atoms with van der Waals surface area (Å²) in [4.78, 5) is 31.1. The lowest BCUT2D eigenvalue weighted by atomic mass is 9.70. The standard InChI is InChI=1S/C26H36N4O2/c1-19(2)15-24(31)29-17-22(23-11-13-27-30(23)20(3)4)26(18-29)12-8-14-28(25(26)32)16-21-9-6-5-7-10-21/h5-7,9-11,13,19-20,22H,8,12,14-18H2,1-4H3/t22-,26+/m0/s1. The Morgan fingerprint density at radius 2 is 1.91 bits per heavy atom. The van der Waals surface area contributed by atoms with Crippen LogP contribution in [0.1, 0.15) is 70.2 Å². The van der Waals surface area contributed by atoms with Crippen LogP contribution in [0.25, 0.3) is 0 Å². The summed E-state index contributed by atoms with van der Waals surface area (Å²) in [5, 5.41) is 4.56. The largest absolute Gasteiger partial charge is 0.341 e. The molecular formula is C26H36N4O2. The minimum atomic E-state index is -0.577. The Labute approximate surface area is 191 Å². The molecule has 2 fully saturated rings. The number of aromatic nitrogens is 2. The molecule has 4 rings (SSSR count). The minimum Gasteiger partial charge on any atom is -0.341 e. The van der Waals surface area contributed by atoms with E-state index in [1.54, 1.807) is 0 Å². The molecule has 0 N–H and O–H groups in total. The molecule has 1 aromatic heterocycles. The monoisotopic (exact) mass is 436 g/mol. The van der Waals surface area contributed by atoms with Crippen LogP contribution in [0.4, 0.5) is 0 Å². The minimum absolute atomic E-state index is 0.0328. The quantitative estimate of drug-likeness (QED) is 0.680. The van der Waals surface area contributed by atoms with E-state index in [1.807, 2.05) is 44.9 Å². The Bertz CT molecular complexity index is 952. The van der Waals surface area contributed by atoms with Crippen LogP contribution in [0.5, 0.6) is 0 Å². The number of carbonyl (C=O) groups excluding carboxylic acids is 2. The number of amides is 2. The molecule has 3 heterocycles. The SMILES string of the molecule is CC(C)CC(=O)N1C[C@@H](c2ccnn2C(C)C)[C@@]2(CCCN(Cc3ccccc3)C2=O)C1. The maximum Gasteiger partial charge on any atom is 0.231 e. The predicted octanol–water partition coefficient (Wildman–Crippen LogP) is 4.24. The lowest BCUT2D eigenvalue weighted by Gasteiger charge is -2.42. The summed E-state index contributed by atoms with van der Waals surface area (Å²) in [6, 6.07) is 12.4. The normalized spacial score (nSPS) is 23.7. The number of nitrogens with zero attached hydrogens (tertiary/aromatic N) is 4. The first-order valence-corrected chi connectivity index (χ1v) is 12.0. The van der Waals surface area contributed by atoms with Crippen molar-refractivity contribution in [1.29, 1.82) is 0 Å². The average molecular weight is 437 g/mol. The highest BCUT2D eigenvalue weighted by atomic mass is 16.2. The second-order valence-corrected chi connectivity index (χ2v) is 10.2. The van der Waals surface area contributed by atoms with Gasteiger partial charge in [-0.1, -0.05) is 44.2 Å². The molecule has 0 unspecified atom stereocenters. The molecule has 2 amide bonds. The molecule has 0 saturated carbocycles. The van der Waals surface area contributed by atoms with Gasteiger partial charge in [0.1, 0.15) is 0 Å². The molecule has 2 aliphatic rings. The molecule has 2 atom stereocenters. The van der Waals surface area contributed by atoms with Gasteiger partial charge in [0.15, 0.2) is 0 Å². The highest BCUT2D eigenvalue weighted by Gasteiger charge is 2.57. The van der Waals surface area contributed by atoms with Gasteiger partial charge in [-0.05, 0) is 44.2 Å². The fraction of sp³-hybridized carbons (Fsp3) is 0.577. The summed E-state index contributed by atoms with van der Waals surface area (Å²) in [6.07, 6.45) is 4.12. The molecule has 0 radical (unpaired) electrons. The van der Waals surface area contributed by atoms with Crippen molar-refractivity contribution < 1.29 is 9.59 Å². The van der Waals surface area contributed by atoms with E-state index in [0.29, 0.717) is 32.0 Å². The van der Waals surface area contributed by atoms with Crippen molar-refractivity contribution in [3.05, 3.63) is 53.9 Å². The third kappa shape index (κ3) is 4.19. The zero-order valence-corrected chi connectivity index (χ0v) is 19.8. The van der Waals surface area contributed by atoms with Crippen LogP contribution >= 0.6 is 0 Å². The molecule has 2 aromatic rings. The van der Waals surface area contributed by atoms with Gasteiger partial charge in [-0.25, -0.2) is 0 Å². The van der Waals surface area contributed by atoms with Gasteiger partial charge in [-0.3, -0.25) is 14.3 Å². The van der Waals surface area contributed by atoms with E-state index >= 15 is 0 Å². The maximum atomic E-state index is 14.1. The summed E-state index contributed by atoms with van der Waals surface area (Å²) in [5.74, 6) is 0.615. The molecular weight excluding hydrogens is 400 g/mol. The molecule has 172 valence electrons. The van der Waals surface area contributed by atoms with Gasteiger partial charge in [-0.2, -0.15) is 5.10 Å². The van der Waals surface area contributed by atoms with Crippen molar-refractivity contribution in [2.45, 2.75) is 65.5 Å². The van der Waals surface area contributed by atoms with Crippen LogP contribution in [0.3, 0.4) is 0 Å². The number of hydrogen-bond donors (Lipinski definition) is 0. The van der Waals surface area contributed by atoms with Gasteiger partial charge >= 0.3 is 0 Å². The Morgan fingerprint density at radius 3 is 2.59 bits per heavy atom. The molecule has 2 aliphatic heterocycles. The first kappa shape index (κ1) is 22.6. The van der Waals surface area contributed by atoms with Gasteiger partial charge < -0.3 is 9.80 Å². The van der Waals surface area contributed by atoms with Crippen LogP contribution in [-0.4, -0.2) is 51.0 Å². The number of piperidine rings is 1. The Balaban J connectivity index is 1.69. The van der Waals surface area contributed by atoms with Crippen LogP contribution in [0.2, 0.25) is 0 Å². The molecule has 32 heavy (non-hydrogen) atoms. The average Bonchev–Trinajstić information content (AvgIpc) is 3.37. The molecule has 2 saturated heterocycles. The first-order valence-electron chi connectivity index (χ1n) is 12.0. The van der Waals surface area contributed by atoms with Crippen LogP contribution in [0, 0.1) is 11.3 Å². The lowest BCUT2D eigenvalue weighted by molar-refractivity contribution is -0.147. The first-order chi connectivity index (χ1) is 15.3. The molecule has 6 nitrogen and oxygen atoms in total. The fourth-order valence-electron chi connectivity index (χ4n) is 5.52. The third-order valence-corrected chi connectivity index (χ3v) is 7.01. The van der Waals surface area contributed by atoms with E-state index < -0.39 is 5.41 Å². The van der Waals surface area contributed by atoms with Gasteiger partial charge in [-0.15, -0.1) is 0 Å². The van der Waals surface area contributed by atoms with Crippen molar-refractivity contribution in [3.63, 3.8) is 0 Å². The highest BCUT2D eigenvalue weighted by Crippen LogP contribution is 2.50. The number of rotatable bonds is 6. The number of hydrogen-bond acceptors (Lipinski definition) is 3. The summed E-state index contributed by atoms with van der Waals surface area (Å²) in [6.45, 7) is 10.9. The van der Waals surface area contributed by atoms with Crippen molar-refractivity contribution in [3.8, 4) is 0 Å². The van der Waals surface area contributed by atoms with E-state index in [9.17, 15) is 9.59 Å². The second kappa shape index (κ2) is 9.08. The third-order valence-electron chi connectivity index (χ3n) is 7.01. The highest BCUT2D eigenvalue weighted by molar-refractivity contribution is 5.87. The Morgan fingerprint density at radius 1 is 1.16 bits per heavy atom. The van der Waals surface area contributed by atoms with Gasteiger partial charge in [0.25, 0.3) is 0 Å². The van der Waals surface area contributed by atoms with E-state index in [1.165, 1.54) is 0 Å². The van der Waals surface area contributed by atoms with Gasteiger partial charge in [0, 0.05) is 56.5 Å². The van der Waals surface area contributed by atoms with Gasteiger partial charge in [0.05, 0.1) is 5.41 Å². The van der Waals surface area contributed by atoms with Crippen molar-refractivity contribution in [2.24, 2.45) is 11.3 Å².